The van der Waals surface area contributed by atoms with Crippen molar-refractivity contribution in [2.75, 3.05) is 40.2 Å². The molecule has 0 spiro atoms. The third-order valence-corrected chi connectivity index (χ3v) is 5.69. The first-order valence-corrected chi connectivity index (χ1v) is 10.3. The first-order chi connectivity index (χ1) is 12.8. The summed E-state index contributed by atoms with van der Waals surface area (Å²) in [6.07, 6.45) is 0. The Morgan fingerprint density at radius 2 is 1.67 bits per heavy atom. The molecule has 7 nitrogen and oxygen atoms in total. The van der Waals surface area contributed by atoms with Gasteiger partial charge in [0.05, 0.1) is 27.9 Å². The van der Waals surface area contributed by atoms with E-state index in [4.69, 9.17) is 14.2 Å². The Hall–Kier alpha value is -1.96. The lowest BCUT2D eigenvalue weighted by molar-refractivity contribution is 0.324. The molecule has 1 unspecified atom stereocenters. The summed E-state index contributed by atoms with van der Waals surface area (Å²) in [6, 6.07) is 3.76. The highest BCUT2D eigenvalue weighted by Gasteiger charge is 2.18. The van der Waals surface area contributed by atoms with Crippen molar-refractivity contribution in [2.45, 2.75) is 39.0 Å². The SMILES string of the molecule is CCNC(=NCc1cc(OC)c(OC)c(OC)c1)NCCS(=O)C(C)(C)C. The van der Waals surface area contributed by atoms with Gasteiger partial charge in [0.2, 0.25) is 5.75 Å². The van der Waals surface area contributed by atoms with Crippen LogP contribution in [-0.2, 0) is 17.3 Å². The second kappa shape index (κ2) is 11.0. The molecule has 1 rings (SSSR count). The van der Waals surface area contributed by atoms with E-state index in [9.17, 15) is 4.21 Å². The number of hydrogen-bond acceptors (Lipinski definition) is 5. The molecule has 0 heterocycles. The zero-order valence-corrected chi connectivity index (χ0v) is 18.3. The molecule has 0 bridgehead atoms. The van der Waals surface area contributed by atoms with Gasteiger partial charge < -0.3 is 24.8 Å². The minimum absolute atomic E-state index is 0.215. The lowest BCUT2D eigenvalue weighted by Crippen LogP contribution is -2.40. The van der Waals surface area contributed by atoms with E-state index in [1.165, 1.54) is 0 Å². The molecule has 0 aromatic heterocycles. The van der Waals surface area contributed by atoms with Gasteiger partial charge >= 0.3 is 0 Å². The highest BCUT2D eigenvalue weighted by Crippen LogP contribution is 2.38. The molecule has 1 aromatic carbocycles. The predicted molar refractivity (Wildman–Crippen MR) is 112 cm³/mol. The minimum atomic E-state index is -0.902. The van der Waals surface area contributed by atoms with Crippen LogP contribution in [0.25, 0.3) is 0 Å². The Kier molecular flexibility index (Phi) is 9.41. The van der Waals surface area contributed by atoms with Crippen molar-refractivity contribution in [2.24, 2.45) is 4.99 Å². The summed E-state index contributed by atoms with van der Waals surface area (Å²) in [4.78, 5) is 4.59. The van der Waals surface area contributed by atoms with Crippen LogP contribution >= 0.6 is 0 Å². The monoisotopic (exact) mass is 399 g/mol. The van der Waals surface area contributed by atoms with Crippen LogP contribution in [0.3, 0.4) is 0 Å². The summed E-state index contributed by atoms with van der Waals surface area (Å²) < 4.78 is 28.0. The zero-order valence-electron chi connectivity index (χ0n) is 17.5. The van der Waals surface area contributed by atoms with Gasteiger partial charge in [-0.15, -0.1) is 0 Å². The summed E-state index contributed by atoms with van der Waals surface area (Å²) in [5.41, 5.74) is 0.931. The molecule has 0 amide bonds. The van der Waals surface area contributed by atoms with Gasteiger partial charge in [0.15, 0.2) is 17.5 Å². The minimum Gasteiger partial charge on any atom is -0.493 e. The number of benzene rings is 1. The number of nitrogens with zero attached hydrogens (tertiary/aromatic N) is 1. The molecule has 2 N–H and O–H groups in total. The summed E-state index contributed by atoms with van der Waals surface area (Å²) in [7, 11) is 3.85. The van der Waals surface area contributed by atoms with Crippen LogP contribution in [0.4, 0.5) is 0 Å². The van der Waals surface area contributed by atoms with Gasteiger partial charge in [-0.2, -0.15) is 0 Å². The van der Waals surface area contributed by atoms with E-state index in [1.54, 1.807) is 21.3 Å². The number of ether oxygens (including phenoxy) is 3. The molecule has 0 aliphatic carbocycles. The average Bonchev–Trinajstić information content (AvgIpc) is 2.64. The fraction of sp³-hybridized carbons (Fsp3) is 0.632. The van der Waals surface area contributed by atoms with Gasteiger partial charge in [-0.1, -0.05) is 0 Å². The number of methoxy groups -OCH3 is 3. The molecule has 1 atom stereocenters. The third-order valence-electron chi connectivity index (χ3n) is 3.75. The normalized spacial score (nSPS) is 13.1. The van der Waals surface area contributed by atoms with Crippen LogP contribution in [0.15, 0.2) is 17.1 Å². The smallest absolute Gasteiger partial charge is 0.203 e. The second-order valence-electron chi connectivity index (χ2n) is 6.82. The number of aliphatic imine (C=N–C) groups is 1. The first kappa shape index (κ1) is 23.1. The maximum Gasteiger partial charge on any atom is 0.203 e. The molecule has 0 radical (unpaired) electrons. The Morgan fingerprint density at radius 1 is 1.07 bits per heavy atom. The molecule has 0 saturated heterocycles. The van der Waals surface area contributed by atoms with Crippen LogP contribution in [0, 0.1) is 0 Å². The van der Waals surface area contributed by atoms with E-state index in [0.29, 0.717) is 42.1 Å². The molecule has 1 aromatic rings. The van der Waals surface area contributed by atoms with Gasteiger partial charge in [-0.3, -0.25) is 4.21 Å². The lowest BCUT2D eigenvalue weighted by atomic mass is 10.2. The van der Waals surface area contributed by atoms with Crippen LogP contribution in [0.1, 0.15) is 33.3 Å². The van der Waals surface area contributed by atoms with Crippen LogP contribution < -0.4 is 24.8 Å². The van der Waals surface area contributed by atoms with Crippen molar-refractivity contribution in [3.05, 3.63) is 17.7 Å². The molecule has 8 heteroatoms. The quantitative estimate of drug-likeness (QED) is 0.490. The van der Waals surface area contributed by atoms with Crippen molar-refractivity contribution in [3.8, 4) is 17.2 Å². The molecule has 0 aliphatic rings. The molecule has 0 aliphatic heterocycles. The summed E-state index contributed by atoms with van der Waals surface area (Å²) in [5, 5.41) is 6.43. The van der Waals surface area contributed by atoms with Crippen molar-refractivity contribution < 1.29 is 18.4 Å². The molecule has 0 fully saturated rings. The van der Waals surface area contributed by atoms with Gasteiger partial charge in [0.1, 0.15) is 0 Å². The summed E-state index contributed by atoms with van der Waals surface area (Å²) in [5.74, 6) is 3.00. The van der Waals surface area contributed by atoms with E-state index in [2.05, 4.69) is 15.6 Å². The van der Waals surface area contributed by atoms with Crippen LogP contribution in [0.5, 0.6) is 17.2 Å². The van der Waals surface area contributed by atoms with E-state index >= 15 is 0 Å². The number of rotatable bonds is 9. The fourth-order valence-electron chi connectivity index (χ4n) is 2.31. The van der Waals surface area contributed by atoms with E-state index in [1.807, 2.05) is 39.8 Å². The van der Waals surface area contributed by atoms with Gasteiger partial charge in [-0.25, -0.2) is 4.99 Å². The largest absolute Gasteiger partial charge is 0.493 e. The molecule has 0 saturated carbocycles. The van der Waals surface area contributed by atoms with Gasteiger partial charge in [-0.05, 0) is 45.4 Å². The van der Waals surface area contributed by atoms with Gasteiger partial charge in [0.25, 0.3) is 0 Å². The topological polar surface area (TPSA) is 81.2 Å². The standard InChI is InChI=1S/C19H33N3O4S/c1-8-20-18(21-9-10-27(23)19(2,3)4)22-13-14-11-15(24-5)17(26-7)16(12-14)25-6/h11-12H,8-10,13H2,1-7H3,(H2,20,21,22). The number of hydrogen-bond donors (Lipinski definition) is 2. The number of guanidine groups is 1. The van der Waals surface area contributed by atoms with Gasteiger partial charge in [0, 0.05) is 34.4 Å². The fourth-order valence-corrected chi connectivity index (χ4v) is 3.21. The maximum atomic E-state index is 12.2. The van der Waals surface area contributed by atoms with Crippen molar-refractivity contribution in [1.29, 1.82) is 0 Å². The lowest BCUT2D eigenvalue weighted by Gasteiger charge is -2.18. The second-order valence-corrected chi connectivity index (χ2v) is 9.14. The van der Waals surface area contributed by atoms with Crippen molar-refractivity contribution >= 4 is 16.8 Å². The van der Waals surface area contributed by atoms with E-state index in [0.717, 1.165) is 12.1 Å². The first-order valence-electron chi connectivity index (χ1n) is 8.96. The van der Waals surface area contributed by atoms with E-state index in [-0.39, 0.29) is 4.75 Å². The predicted octanol–water partition coefficient (Wildman–Crippen LogP) is 2.31. The Bertz CT molecular complexity index is 632. The molecular weight excluding hydrogens is 366 g/mol. The maximum absolute atomic E-state index is 12.2. The molecule has 154 valence electrons. The third kappa shape index (κ3) is 7.28. The zero-order chi connectivity index (χ0) is 20.4. The van der Waals surface area contributed by atoms with Crippen LogP contribution in [-0.4, -0.2) is 55.1 Å². The highest BCUT2D eigenvalue weighted by molar-refractivity contribution is 7.86. The Labute approximate surface area is 165 Å². The molecule has 27 heavy (non-hydrogen) atoms. The molecular formula is C19H33N3O4S. The summed E-state index contributed by atoms with van der Waals surface area (Å²) >= 11 is 0. The average molecular weight is 400 g/mol. The highest BCUT2D eigenvalue weighted by atomic mass is 32.2. The van der Waals surface area contributed by atoms with Crippen LogP contribution in [0.2, 0.25) is 0 Å². The van der Waals surface area contributed by atoms with Crippen molar-refractivity contribution in [3.63, 3.8) is 0 Å². The Balaban J connectivity index is 2.84. The number of nitrogens with one attached hydrogen (secondary N) is 2. The Morgan fingerprint density at radius 3 is 2.11 bits per heavy atom. The van der Waals surface area contributed by atoms with Crippen molar-refractivity contribution in [1.82, 2.24) is 10.6 Å². The van der Waals surface area contributed by atoms with E-state index < -0.39 is 10.8 Å². The summed E-state index contributed by atoms with van der Waals surface area (Å²) in [6.45, 7) is 9.71.